The molecule has 2 aromatic heterocycles. The summed E-state index contributed by atoms with van der Waals surface area (Å²) in [5, 5.41) is 15.5. The largest absolute Gasteiger partial charge is 0.507 e. The summed E-state index contributed by atoms with van der Waals surface area (Å²) >= 11 is 0. The van der Waals surface area contributed by atoms with Gasteiger partial charge >= 0.3 is 6.18 Å². The van der Waals surface area contributed by atoms with Gasteiger partial charge in [-0.15, -0.1) is 0 Å². The molecule has 1 fully saturated rings. The average Bonchev–Trinajstić information content (AvgIpc) is 3.06. The van der Waals surface area contributed by atoms with Gasteiger partial charge in [0.1, 0.15) is 5.75 Å². The van der Waals surface area contributed by atoms with Crippen molar-refractivity contribution in [1.29, 1.82) is 0 Å². The SMILES string of the molecule is Cc1cc(C(F)(F)F)cc(O)c1-c1ccc2cn(C3CCC(=O)N(C)C3)nc2n1. The van der Waals surface area contributed by atoms with Crippen molar-refractivity contribution in [3.63, 3.8) is 0 Å². The first-order valence-corrected chi connectivity index (χ1v) is 9.14. The van der Waals surface area contributed by atoms with Gasteiger partial charge in [0.15, 0.2) is 5.65 Å². The van der Waals surface area contributed by atoms with Gasteiger partial charge in [-0.25, -0.2) is 4.98 Å². The molecule has 1 atom stereocenters. The van der Waals surface area contributed by atoms with Gasteiger partial charge in [0.2, 0.25) is 5.91 Å². The van der Waals surface area contributed by atoms with Crippen molar-refractivity contribution in [2.75, 3.05) is 13.6 Å². The lowest BCUT2D eigenvalue weighted by molar-refractivity contribution is -0.137. The van der Waals surface area contributed by atoms with E-state index >= 15 is 0 Å². The number of hydrogen-bond acceptors (Lipinski definition) is 4. The number of carbonyl (C=O) groups excluding carboxylic acids is 1. The smallest absolute Gasteiger partial charge is 0.416 e. The highest BCUT2D eigenvalue weighted by atomic mass is 19.4. The molecule has 152 valence electrons. The number of alkyl halides is 3. The minimum Gasteiger partial charge on any atom is -0.507 e. The van der Waals surface area contributed by atoms with Crippen LogP contribution in [0.15, 0.2) is 30.5 Å². The number of likely N-dealkylation sites (N-methyl/N-ethyl adjacent to an activating group) is 1. The van der Waals surface area contributed by atoms with Crippen molar-refractivity contribution in [2.45, 2.75) is 32.0 Å². The van der Waals surface area contributed by atoms with Crippen LogP contribution in [0.5, 0.6) is 5.75 Å². The minimum absolute atomic E-state index is 0.0385. The molecule has 1 unspecified atom stereocenters. The maximum Gasteiger partial charge on any atom is 0.416 e. The second-order valence-electron chi connectivity index (χ2n) is 7.37. The van der Waals surface area contributed by atoms with Crippen LogP contribution in [0.1, 0.15) is 30.0 Å². The molecule has 0 spiro atoms. The van der Waals surface area contributed by atoms with Gasteiger partial charge in [0, 0.05) is 37.2 Å². The Kier molecular flexibility index (Phi) is 4.48. The first-order valence-electron chi connectivity index (χ1n) is 9.14. The molecule has 1 aliphatic rings. The van der Waals surface area contributed by atoms with Gasteiger partial charge in [0.05, 0.1) is 17.3 Å². The number of phenols is 1. The lowest BCUT2D eigenvalue weighted by atomic mass is 10.00. The van der Waals surface area contributed by atoms with Crippen LogP contribution in [-0.2, 0) is 11.0 Å². The topological polar surface area (TPSA) is 71.2 Å². The van der Waals surface area contributed by atoms with Crippen LogP contribution in [0, 0.1) is 6.92 Å². The standard InChI is InChI=1S/C20H19F3N4O2/c1-11-7-13(20(21,22)23)8-16(28)18(11)15-5-3-12-9-27(25-19(12)24-15)14-4-6-17(29)26(2)10-14/h3,5,7-9,14,28H,4,6,10H2,1-2H3. The molecule has 0 radical (unpaired) electrons. The van der Waals surface area contributed by atoms with E-state index in [9.17, 15) is 23.1 Å². The Labute approximate surface area is 164 Å². The molecule has 0 saturated carbocycles. The van der Waals surface area contributed by atoms with Crippen LogP contribution in [0.3, 0.4) is 0 Å². The molecule has 0 bridgehead atoms. The zero-order valence-electron chi connectivity index (χ0n) is 15.9. The molecule has 9 heteroatoms. The summed E-state index contributed by atoms with van der Waals surface area (Å²) in [7, 11) is 1.75. The first kappa shape index (κ1) is 19.2. The van der Waals surface area contributed by atoms with Crippen LogP contribution >= 0.6 is 0 Å². The molecule has 1 aliphatic heterocycles. The number of pyridine rings is 1. The molecule has 3 heterocycles. The van der Waals surface area contributed by atoms with Gasteiger partial charge in [-0.3, -0.25) is 9.48 Å². The van der Waals surface area contributed by atoms with Crippen LogP contribution in [0.4, 0.5) is 13.2 Å². The number of aromatic hydroxyl groups is 1. The third-order valence-corrected chi connectivity index (χ3v) is 5.26. The summed E-state index contributed by atoms with van der Waals surface area (Å²) in [5.41, 5.74) is 0.397. The summed E-state index contributed by atoms with van der Waals surface area (Å²) in [6, 6.07) is 5.17. The van der Waals surface area contributed by atoms with Gasteiger partial charge in [0.25, 0.3) is 0 Å². The zero-order valence-corrected chi connectivity index (χ0v) is 15.9. The van der Waals surface area contributed by atoms with Gasteiger partial charge in [-0.2, -0.15) is 18.3 Å². The lowest BCUT2D eigenvalue weighted by Gasteiger charge is -2.29. The fourth-order valence-electron chi connectivity index (χ4n) is 3.72. The van der Waals surface area contributed by atoms with Gasteiger partial charge in [-0.05, 0) is 43.2 Å². The molecule has 1 aromatic carbocycles. The van der Waals surface area contributed by atoms with Crippen molar-refractivity contribution in [3.05, 3.63) is 41.6 Å². The van der Waals surface area contributed by atoms with E-state index < -0.39 is 17.5 Å². The number of halogens is 3. The Morgan fingerprint density at radius 2 is 2.00 bits per heavy atom. The summed E-state index contributed by atoms with van der Waals surface area (Å²) < 4.78 is 40.7. The van der Waals surface area contributed by atoms with E-state index in [1.807, 2.05) is 6.20 Å². The normalized spacial score (nSPS) is 17.9. The van der Waals surface area contributed by atoms with E-state index in [4.69, 9.17) is 0 Å². The van der Waals surface area contributed by atoms with E-state index in [0.717, 1.165) is 11.5 Å². The molecule has 1 saturated heterocycles. The summed E-state index contributed by atoms with van der Waals surface area (Å²) in [4.78, 5) is 17.8. The van der Waals surface area contributed by atoms with Crippen molar-refractivity contribution < 1.29 is 23.1 Å². The Hall–Kier alpha value is -3.10. The number of carbonyl (C=O) groups is 1. The Morgan fingerprint density at radius 1 is 1.24 bits per heavy atom. The van der Waals surface area contributed by atoms with Crippen LogP contribution in [-0.4, -0.2) is 44.3 Å². The number of rotatable bonds is 2. The number of benzene rings is 1. The molecule has 1 amide bonds. The number of fused-ring (bicyclic) bond motifs is 1. The number of piperidine rings is 1. The van der Waals surface area contributed by atoms with E-state index in [2.05, 4.69) is 10.1 Å². The van der Waals surface area contributed by atoms with Crippen molar-refractivity contribution in [1.82, 2.24) is 19.7 Å². The third kappa shape index (κ3) is 3.52. The predicted octanol–water partition coefficient (Wildman–Crippen LogP) is 3.92. The predicted molar refractivity (Wildman–Crippen MR) is 100 cm³/mol. The quantitative estimate of drug-likeness (QED) is 0.703. The molecule has 29 heavy (non-hydrogen) atoms. The minimum atomic E-state index is -4.54. The molecule has 0 aliphatic carbocycles. The zero-order chi connectivity index (χ0) is 20.9. The Morgan fingerprint density at radius 3 is 2.66 bits per heavy atom. The number of likely N-dealkylation sites (tertiary alicyclic amines) is 1. The van der Waals surface area contributed by atoms with Gasteiger partial charge in [-0.1, -0.05) is 0 Å². The Balaban J connectivity index is 1.71. The molecular weight excluding hydrogens is 385 g/mol. The van der Waals surface area contributed by atoms with E-state index in [1.54, 1.807) is 28.8 Å². The second-order valence-corrected chi connectivity index (χ2v) is 7.37. The lowest BCUT2D eigenvalue weighted by Crippen LogP contribution is -2.38. The van der Waals surface area contributed by atoms with E-state index in [1.165, 1.54) is 6.92 Å². The number of nitrogens with zero attached hydrogens (tertiary/aromatic N) is 4. The van der Waals surface area contributed by atoms with E-state index in [-0.39, 0.29) is 23.1 Å². The number of aryl methyl sites for hydroxylation is 1. The highest BCUT2D eigenvalue weighted by Gasteiger charge is 2.32. The summed E-state index contributed by atoms with van der Waals surface area (Å²) in [5.74, 6) is -0.373. The number of hydrogen-bond donors (Lipinski definition) is 1. The highest BCUT2D eigenvalue weighted by Crippen LogP contribution is 2.38. The monoisotopic (exact) mass is 404 g/mol. The van der Waals surface area contributed by atoms with Crippen molar-refractivity contribution in [3.8, 4) is 17.0 Å². The van der Waals surface area contributed by atoms with Crippen LogP contribution in [0.2, 0.25) is 0 Å². The van der Waals surface area contributed by atoms with Crippen molar-refractivity contribution in [2.24, 2.45) is 0 Å². The number of amides is 1. The highest BCUT2D eigenvalue weighted by molar-refractivity contribution is 5.81. The average molecular weight is 404 g/mol. The molecule has 1 N–H and O–H groups in total. The first-order chi connectivity index (χ1) is 13.6. The number of phenolic OH excluding ortho intramolecular Hbond substituents is 1. The maximum absolute atomic E-state index is 13.0. The maximum atomic E-state index is 13.0. The summed E-state index contributed by atoms with van der Waals surface area (Å²) in [6.07, 6.45) is -1.55. The third-order valence-electron chi connectivity index (χ3n) is 5.26. The van der Waals surface area contributed by atoms with Gasteiger partial charge < -0.3 is 10.0 Å². The molecular formula is C20H19F3N4O2. The molecule has 3 aromatic rings. The molecule has 6 nitrogen and oxygen atoms in total. The van der Waals surface area contributed by atoms with Crippen LogP contribution < -0.4 is 0 Å². The van der Waals surface area contributed by atoms with E-state index in [0.29, 0.717) is 36.8 Å². The molecule has 4 rings (SSSR count). The fourth-order valence-corrected chi connectivity index (χ4v) is 3.72. The van der Waals surface area contributed by atoms with Crippen LogP contribution in [0.25, 0.3) is 22.3 Å². The Bertz CT molecular complexity index is 1080. The summed E-state index contributed by atoms with van der Waals surface area (Å²) in [6.45, 7) is 2.06. The fraction of sp³-hybridized carbons (Fsp3) is 0.350. The van der Waals surface area contributed by atoms with Crippen molar-refractivity contribution >= 4 is 16.9 Å². The number of aromatic nitrogens is 3. The second kappa shape index (κ2) is 6.75.